The predicted molar refractivity (Wildman–Crippen MR) is 62.1 cm³/mol. The lowest BCUT2D eigenvalue weighted by molar-refractivity contribution is 0.164. The lowest BCUT2D eigenvalue weighted by atomic mass is 9.96. The zero-order valence-electron chi connectivity index (χ0n) is 8.50. The Balaban J connectivity index is 3.10. The van der Waals surface area contributed by atoms with Crippen molar-refractivity contribution < 1.29 is 5.11 Å². The molecule has 78 valence electrons. The number of rotatable bonds is 3. The average Bonchev–Trinajstić information content (AvgIpc) is 2.16. The Morgan fingerprint density at radius 3 is 2.64 bits per heavy atom. The van der Waals surface area contributed by atoms with E-state index in [-0.39, 0.29) is 6.04 Å². The van der Waals surface area contributed by atoms with Gasteiger partial charge in [0.25, 0.3) is 0 Å². The number of halogens is 1. The van der Waals surface area contributed by atoms with E-state index in [2.05, 4.69) is 22.9 Å². The molecular formula is C11H16BrNO. The van der Waals surface area contributed by atoms with Gasteiger partial charge in [-0.05, 0) is 36.6 Å². The van der Waals surface area contributed by atoms with Crippen LogP contribution in [0.15, 0.2) is 22.7 Å². The summed E-state index contributed by atoms with van der Waals surface area (Å²) < 4.78 is 1.00. The number of hydrogen-bond acceptors (Lipinski definition) is 2. The molecule has 0 aliphatic carbocycles. The number of benzene rings is 1. The summed E-state index contributed by atoms with van der Waals surface area (Å²) in [5, 5.41) is 9.44. The highest BCUT2D eigenvalue weighted by Crippen LogP contribution is 2.23. The molecule has 0 heterocycles. The third kappa shape index (κ3) is 2.56. The number of aryl methyl sites for hydroxylation is 1. The summed E-state index contributed by atoms with van der Waals surface area (Å²) in [6, 6.07) is 5.72. The van der Waals surface area contributed by atoms with E-state index < -0.39 is 6.10 Å². The van der Waals surface area contributed by atoms with Gasteiger partial charge < -0.3 is 10.8 Å². The van der Waals surface area contributed by atoms with Crippen LogP contribution in [0.1, 0.15) is 31.0 Å². The van der Waals surface area contributed by atoms with E-state index in [1.54, 1.807) is 6.92 Å². The molecule has 1 aromatic carbocycles. The number of aliphatic hydroxyl groups excluding tert-OH is 1. The molecule has 2 nitrogen and oxygen atoms in total. The number of aliphatic hydroxyl groups is 1. The molecule has 0 saturated carbocycles. The van der Waals surface area contributed by atoms with Crippen molar-refractivity contribution >= 4 is 15.9 Å². The minimum absolute atomic E-state index is 0.303. The predicted octanol–water partition coefficient (Wildman–Crippen LogP) is 2.39. The normalized spacial score (nSPS) is 15.2. The van der Waals surface area contributed by atoms with Crippen LogP contribution in [0.2, 0.25) is 0 Å². The Kier molecular flexibility index (Phi) is 4.11. The Morgan fingerprint density at radius 2 is 2.14 bits per heavy atom. The molecule has 0 saturated heterocycles. The van der Waals surface area contributed by atoms with Crippen molar-refractivity contribution in [1.29, 1.82) is 0 Å². The quantitative estimate of drug-likeness (QED) is 0.874. The van der Waals surface area contributed by atoms with Crippen molar-refractivity contribution in [3.8, 4) is 0 Å². The second kappa shape index (κ2) is 4.91. The lowest BCUT2D eigenvalue weighted by Gasteiger charge is -2.18. The number of hydrogen-bond donors (Lipinski definition) is 2. The summed E-state index contributed by atoms with van der Waals surface area (Å²) in [7, 11) is 0. The fourth-order valence-corrected chi connectivity index (χ4v) is 1.84. The topological polar surface area (TPSA) is 46.2 Å². The monoisotopic (exact) mass is 257 g/mol. The minimum atomic E-state index is -0.519. The van der Waals surface area contributed by atoms with Gasteiger partial charge in [-0.3, -0.25) is 0 Å². The first-order valence-corrected chi connectivity index (χ1v) is 5.57. The Labute approximate surface area is 93.3 Å². The van der Waals surface area contributed by atoms with E-state index in [1.165, 1.54) is 5.56 Å². The van der Waals surface area contributed by atoms with Gasteiger partial charge in [-0.15, -0.1) is 0 Å². The van der Waals surface area contributed by atoms with Crippen molar-refractivity contribution in [3.63, 3.8) is 0 Å². The average molecular weight is 258 g/mol. The third-order valence-electron chi connectivity index (χ3n) is 2.37. The van der Waals surface area contributed by atoms with Crippen LogP contribution in [0, 0.1) is 0 Å². The van der Waals surface area contributed by atoms with Crippen molar-refractivity contribution in [1.82, 2.24) is 0 Å². The fraction of sp³-hybridized carbons (Fsp3) is 0.455. The van der Waals surface area contributed by atoms with Gasteiger partial charge in [-0.25, -0.2) is 0 Å². The summed E-state index contributed by atoms with van der Waals surface area (Å²) in [5.74, 6) is 0. The largest absolute Gasteiger partial charge is 0.391 e. The van der Waals surface area contributed by atoms with Crippen molar-refractivity contribution in [2.75, 3.05) is 0 Å². The van der Waals surface area contributed by atoms with E-state index in [1.807, 2.05) is 18.2 Å². The smallest absolute Gasteiger partial charge is 0.0704 e. The van der Waals surface area contributed by atoms with Gasteiger partial charge in [0.05, 0.1) is 12.1 Å². The summed E-state index contributed by atoms with van der Waals surface area (Å²) in [6.07, 6.45) is 0.415. The standard InChI is InChI=1S/C11H16BrNO/c1-3-8-4-5-9(12)6-10(8)11(13)7(2)14/h4-7,11,14H,3,13H2,1-2H3/t7-,11-/m1/s1. The number of nitrogens with two attached hydrogens (primary N) is 1. The van der Waals surface area contributed by atoms with Gasteiger partial charge in [0.1, 0.15) is 0 Å². The molecule has 0 aliphatic rings. The Hall–Kier alpha value is -0.380. The molecular weight excluding hydrogens is 242 g/mol. The fourth-order valence-electron chi connectivity index (χ4n) is 1.46. The van der Waals surface area contributed by atoms with Gasteiger partial charge in [0, 0.05) is 4.47 Å². The van der Waals surface area contributed by atoms with Gasteiger partial charge >= 0.3 is 0 Å². The van der Waals surface area contributed by atoms with Crippen molar-refractivity contribution in [2.45, 2.75) is 32.4 Å². The minimum Gasteiger partial charge on any atom is -0.391 e. The van der Waals surface area contributed by atoms with Crippen LogP contribution in [0.25, 0.3) is 0 Å². The van der Waals surface area contributed by atoms with E-state index in [9.17, 15) is 5.11 Å². The van der Waals surface area contributed by atoms with Crippen LogP contribution in [-0.4, -0.2) is 11.2 Å². The first kappa shape index (κ1) is 11.7. The van der Waals surface area contributed by atoms with E-state index in [0.29, 0.717) is 0 Å². The molecule has 0 spiro atoms. The lowest BCUT2D eigenvalue weighted by Crippen LogP contribution is -2.24. The van der Waals surface area contributed by atoms with Crippen LogP contribution < -0.4 is 5.73 Å². The highest BCUT2D eigenvalue weighted by Gasteiger charge is 2.15. The molecule has 2 atom stereocenters. The van der Waals surface area contributed by atoms with E-state index >= 15 is 0 Å². The maximum atomic E-state index is 9.44. The summed E-state index contributed by atoms with van der Waals surface area (Å²) in [6.45, 7) is 3.80. The molecule has 0 fully saturated rings. The van der Waals surface area contributed by atoms with E-state index in [0.717, 1.165) is 16.5 Å². The van der Waals surface area contributed by atoms with E-state index in [4.69, 9.17) is 5.73 Å². The third-order valence-corrected chi connectivity index (χ3v) is 2.86. The van der Waals surface area contributed by atoms with Crippen LogP contribution in [-0.2, 0) is 6.42 Å². The van der Waals surface area contributed by atoms with Gasteiger partial charge in [-0.1, -0.05) is 28.9 Å². The van der Waals surface area contributed by atoms with Crippen LogP contribution in [0.3, 0.4) is 0 Å². The highest BCUT2D eigenvalue weighted by atomic mass is 79.9. The Bertz CT molecular complexity index is 312. The molecule has 0 aromatic heterocycles. The Morgan fingerprint density at radius 1 is 1.50 bits per heavy atom. The molecule has 0 amide bonds. The van der Waals surface area contributed by atoms with Crippen molar-refractivity contribution in [2.24, 2.45) is 5.73 Å². The van der Waals surface area contributed by atoms with Gasteiger partial charge in [-0.2, -0.15) is 0 Å². The molecule has 3 heteroatoms. The summed E-state index contributed by atoms with van der Waals surface area (Å²) in [5.41, 5.74) is 8.13. The summed E-state index contributed by atoms with van der Waals surface area (Å²) >= 11 is 3.41. The van der Waals surface area contributed by atoms with Crippen molar-refractivity contribution in [3.05, 3.63) is 33.8 Å². The zero-order chi connectivity index (χ0) is 10.7. The van der Waals surface area contributed by atoms with Gasteiger partial charge in [0.15, 0.2) is 0 Å². The van der Waals surface area contributed by atoms with Crippen LogP contribution >= 0.6 is 15.9 Å². The SMILES string of the molecule is CCc1ccc(Br)cc1[C@H](N)[C@@H](C)O. The second-order valence-corrected chi connectivity index (χ2v) is 4.38. The molecule has 14 heavy (non-hydrogen) atoms. The first-order chi connectivity index (χ1) is 6.56. The molecule has 0 unspecified atom stereocenters. The van der Waals surface area contributed by atoms with Gasteiger partial charge in [0.2, 0.25) is 0 Å². The maximum Gasteiger partial charge on any atom is 0.0704 e. The molecule has 0 bridgehead atoms. The molecule has 1 rings (SSSR count). The zero-order valence-corrected chi connectivity index (χ0v) is 10.1. The first-order valence-electron chi connectivity index (χ1n) is 4.78. The highest BCUT2D eigenvalue weighted by molar-refractivity contribution is 9.10. The molecule has 1 aromatic rings. The maximum absolute atomic E-state index is 9.44. The van der Waals surface area contributed by atoms with Crippen LogP contribution in [0.5, 0.6) is 0 Å². The van der Waals surface area contributed by atoms with Crippen LogP contribution in [0.4, 0.5) is 0 Å². The molecule has 0 radical (unpaired) electrons. The summed E-state index contributed by atoms with van der Waals surface area (Å²) in [4.78, 5) is 0. The molecule has 0 aliphatic heterocycles. The second-order valence-electron chi connectivity index (χ2n) is 3.46. The molecule has 3 N–H and O–H groups in total.